The van der Waals surface area contributed by atoms with Gasteiger partial charge in [0.2, 0.25) is 0 Å². The van der Waals surface area contributed by atoms with Crippen LogP contribution in [0, 0.1) is 17.3 Å². The fraction of sp³-hybridized carbons (Fsp3) is 0.429. The number of rotatable bonds is 7. The molecule has 1 saturated heterocycles. The van der Waals surface area contributed by atoms with Gasteiger partial charge in [0.15, 0.2) is 0 Å². The van der Waals surface area contributed by atoms with Crippen LogP contribution in [-0.2, 0) is 6.42 Å². The maximum Gasteiger partial charge on any atom is 0.393 e. The molecule has 0 atom stereocenters. The van der Waals surface area contributed by atoms with Crippen LogP contribution in [0.1, 0.15) is 23.3 Å². The van der Waals surface area contributed by atoms with Crippen molar-refractivity contribution in [3.63, 3.8) is 0 Å². The molecule has 196 valence electrons. The molecule has 1 aliphatic carbocycles. The highest BCUT2D eigenvalue weighted by molar-refractivity contribution is 7.64. The first kappa shape index (κ1) is 26.2. The molecule has 2 fully saturated rings. The highest BCUT2D eigenvalue weighted by Gasteiger charge is 2.48. The van der Waals surface area contributed by atoms with Gasteiger partial charge in [0.25, 0.3) is 0 Å². The zero-order valence-corrected chi connectivity index (χ0v) is 22.9. The van der Waals surface area contributed by atoms with E-state index in [0.717, 1.165) is 47.8 Å². The van der Waals surface area contributed by atoms with Crippen molar-refractivity contribution in [2.75, 3.05) is 50.7 Å². The molecule has 0 bridgehead atoms. The first-order valence-electron chi connectivity index (χ1n) is 12.3. The second-order valence-electron chi connectivity index (χ2n) is 10.2. The van der Waals surface area contributed by atoms with Gasteiger partial charge in [-0.2, -0.15) is 13.2 Å². The lowest BCUT2D eigenvalue weighted by molar-refractivity contribution is -0.126. The minimum atomic E-state index is -4.31. The lowest BCUT2D eigenvalue weighted by Gasteiger charge is -2.54. The van der Waals surface area contributed by atoms with E-state index in [2.05, 4.69) is 47.2 Å². The van der Waals surface area contributed by atoms with Gasteiger partial charge >= 0.3 is 6.18 Å². The Labute approximate surface area is 221 Å². The number of fused-ring (bicyclic) bond motifs is 1. The van der Waals surface area contributed by atoms with Crippen molar-refractivity contribution in [1.29, 1.82) is 0 Å². The first-order chi connectivity index (χ1) is 17.7. The summed E-state index contributed by atoms with van der Waals surface area (Å²) in [5, 5.41) is 12.0. The maximum atomic E-state index is 13.5. The number of hydrogen-bond acceptors (Lipinski definition) is 5. The number of hydrogen-bond donors (Lipinski definition) is 3. The quantitative estimate of drug-likeness (QED) is 0.252. The van der Waals surface area contributed by atoms with Gasteiger partial charge in [-0.1, -0.05) is 38.0 Å². The van der Waals surface area contributed by atoms with Gasteiger partial charge in [-0.25, -0.2) is 0 Å². The Morgan fingerprint density at radius 3 is 2.59 bits per heavy atom. The van der Waals surface area contributed by atoms with Crippen molar-refractivity contribution in [3.05, 3.63) is 46.8 Å². The summed E-state index contributed by atoms with van der Waals surface area (Å²) >= 11 is 1.35. The van der Waals surface area contributed by atoms with Crippen molar-refractivity contribution in [2.45, 2.75) is 31.5 Å². The zero-order chi connectivity index (χ0) is 26.2. The van der Waals surface area contributed by atoms with Crippen LogP contribution in [0.25, 0.3) is 10.1 Å². The molecule has 3 N–H and O–H groups in total. The zero-order valence-electron chi connectivity index (χ0n) is 21.2. The van der Waals surface area contributed by atoms with Crippen molar-refractivity contribution in [1.82, 2.24) is 5.32 Å². The third kappa shape index (κ3) is 5.70. The average molecular weight is 546 g/mol. The summed E-state index contributed by atoms with van der Waals surface area (Å²) in [6.45, 7) is 6.79. The number of benzene rings is 2. The summed E-state index contributed by atoms with van der Waals surface area (Å²) in [5.41, 5.74) is 2.40. The molecule has 2 aliphatic rings. The molecule has 1 saturated carbocycles. The van der Waals surface area contributed by atoms with E-state index in [-0.39, 0.29) is 13.5 Å². The van der Waals surface area contributed by atoms with Crippen molar-refractivity contribution < 1.29 is 17.9 Å². The fourth-order valence-electron chi connectivity index (χ4n) is 5.20. The van der Waals surface area contributed by atoms with Gasteiger partial charge in [-0.15, -0.1) is 11.3 Å². The minimum Gasteiger partial charge on any atom is -0.495 e. The Kier molecular flexibility index (Phi) is 7.33. The molecule has 3 aromatic rings. The largest absolute Gasteiger partial charge is 0.495 e. The molecule has 0 amide bonds. The molecule has 2 aromatic carbocycles. The van der Waals surface area contributed by atoms with Crippen molar-refractivity contribution >= 4 is 46.0 Å². The maximum absolute atomic E-state index is 13.5. The lowest BCUT2D eigenvalue weighted by atomic mass is 9.61. The Morgan fingerprint density at radius 1 is 1.16 bits per heavy atom. The van der Waals surface area contributed by atoms with E-state index in [0.29, 0.717) is 28.3 Å². The topological polar surface area (TPSA) is 45.3 Å². The van der Waals surface area contributed by atoms with Gasteiger partial charge in [-0.3, -0.25) is 0 Å². The van der Waals surface area contributed by atoms with Crippen LogP contribution in [0.3, 0.4) is 0 Å². The second-order valence-corrected chi connectivity index (χ2v) is 13.5. The van der Waals surface area contributed by atoms with Crippen molar-refractivity contribution in [2.24, 2.45) is 5.41 Å². The third-order valence-electron chi connectivity index (χ3n) is 7.18. The van der Waals surface area contributed by atoms with Crippen LogP contribution in [0.5, 0.6) is 5.75 Å². The number of ether oxygens (including phenoxy) is 1. The number of thiophene rings is 1. The summed E-state index contributed by atoms with van der Waals surface area (Å²) in [6.07, 6.45) is -3.11. The molecular weight excluding hydrogens is 514 g/mol. The molecule has 0 unspecified atom stereocenters. The van der Waals surface area contributed by atoms with Crippen LogP contribution in [0.15, 0.2) is 36.4 Å². The lowest BCUT2D eigenvalue weighted by Crippen LogP contribution is -2.63. The predicted molar refractivity (Wildman–Crippen MR) is 150 cm³/mol. The first-order valence-corrected chi connectivity index (χ1v) is 15.4. The second kappa shape index (κ2) is 10.4. The van der Waals surface area contributed by atoms with Gasteiger partial charge in [0.1, 0.15) is 5.75 Å². The van der Waals surface area contributed by atoms with Crippen LogP contribution < -0.4 is 26.0 Å². The van der Waals surface area contributed by atoms with Gasteiger partial charge in [0.05, 0.1) is 41.0 Å². The standard InChI is InChI=1S/C28H31F3N3OPS/c1-35-24-12-19(36(2)3)9-10-22(24)33-11-5-8-25-21(15-28(29,30)31)20-6-4-7-23(26(20)37-25)34-18-13-27(14-18)16-32-17-27/h4,6-7,9-10,12,18,32-34H,11,13-17H2,1-3H3. The molecule has 1 aliphatic heterocycles. The van der Waals surface area contributed by atoms with Crippen LogP contribution in [0.2, 0.25) is 0 Å². The number of methoxy groups -OCH3 is 1. The van der Waals surface area contributed by atoms with Crippen molar-refractivity contribution in [3.8, 4) is 17.6 Å². The Bertz CT molecular complexity index is 1350. The molecule has 4 nitrogen and oxygen atoms in total. The Balaban J connectivity index is 1.37. The number of anilines is 2. The Hall–Kier alpha value is -2.46. The van der Waals surface area contributed by atoms with E-state index in [1.165, 1.54) is 16.6 Å². The molecule has 2 heterocycles. The summed E-state index contributed by atoms with van der Waals surface area (Å²) in [4.78, 5) is 0.474. The van der Waals surface area contributed by atoms with E-state index in [9.17, 15) is 13.2 Å². The molecule has 9 heteroatoms. The van der Waals surface area contributed by atoms with E-state index >= 15 is 0 Å². The van der Waals surface area contributed by atoms with E-state index in [4.69, 9.17) is 4.74 Å². The Morgan fingerprint density at radius 2 is 1.95 bits per heavy atom. The SMILES string of the molecule is COc1cc(P(C)C)ccc1NCC#Cc1sc2c(NC3CC4(CNC4)C3)cccc2c1CC(F)(F)F. The minimum absolute atomic E-state index is 0.245. The van der Waals surface area contributed by atoms with E-state index in [1.807, 2.05) is 24.3 Å². The number of halogens is 3. The van der Waals surface area contributed by atoms with Crippen LogP contribution in [-0.4, -0.2) is 52.3 Å². The average Bonchev–Trinajstić information content (AvgIpc) is 3.14. The molecule has 1 aromatic heterocycles. The molecule has 37 heavy (non-hydrogen) atoms. The van der Waals surface area contributed by atoms with Gasteiger partial charge in [0, 0.05) is 19.1 Å². The fourth-order valence-corrected chi connectivity index (χ4v) is 7.12. The summed E-state index contributed by atoms with van der Waals surface area (Å²) < 4.78 is 46.9. The molecule has 0 radical (unpaired) electrons. The molecule has 1 spiro atoms. The number of nitrogens with one attached hydrogen (secondary N) is 3. The molecule has 5 rings (SSSR count). The van der Waals surface area contributed by atoms with Gasteiger partial charge < -0.3 is 20.7 Å². The van der Waals surface area contributed by atoms with E-state index < -0.39 is 12.6 Å². The normalized spacial score (nSPS) is 16.7. The number of alkyl halides is 3. The van der Waals surface area contributed by atoms with Gasteiger partial charge in [-0.05, 0) is 66.0 Å². The highest BCUT2D eigenvalue weighted by atomic mass is 32.1. The summed E-state index contributed by atoms with van der Waals surface area (Å²) in [7, 11) is 1.38. The van der Waals surface area contributed by atoms with Crippen LogP contribution >= 0.6 is 19.3 Å². The monoisotopic (exact) mass is 545 g/mol. The smallest absolute Gasteiger partial charge is 0.393 e. The van der Waals surface area contributed by atoms with E-state index in [1.54, 1.807) is 13.2 Å². The summed E-state index contributed by atoms with van der Waals surface area (Å²) in [5.74, 6) is 6.81. The predicted octanol–water partition coefficient (Wildman–Crippen LogP) is 6.01. The van der Waals surface area contributed by atoms with Crippen LogP contribution in [0.4, 0.5) is 24.5 Å². The third-order valence-corrected chi connectivity index (χ3v) is 9.69. The summed E-state index contributed by atoms with van der Waals surface area (Å²) in [6, 6.07) is 12.0. The molecular formula is C28H31F3N3OPS. The highest BCUT2D eigenvalue weighted by Crippen LogP contribution is 2.47.